The Kier molecular flexibility index (Phi) is 4.79. The van der Waals surface area contributed by atoms with Gasteiger partial charge in [0, 0.05) is 12.0 Å². The van der Waals surface area contributed by atoms with Crippen LogP contribution in [0.25, 0.3) is 0 Å². The fourth-order valence-electron chi connectivity index (χ4n) is 1.09. The molecule has 0 unspecified atom stereocenters. The largest absolute Gasteiger partial charge is 0.500 e. The topological polar surface area (TPSA) is 63.6 Å². The van der Waals surface area contributed by atoms with Gasteiger partial charge >= 0.3 is 5.97 Å². The van der Waals surface area contributed by atoms with E-state index in [9.17, 15) is 9.59 Å². The first-order valence-electron chi connectivity index (χ1n) is 4.79. The van der Waals surface area contributed by atoms with Gasteiger partial charge in [-0.1, -0.05) is 30.3 Å². The molecule has 0 saturated heterocycles. The van der Waals surface area contributed by atoms with Gasteiger partial charge < -0.3 is 9.84 Å². The molecule has 0 amide bonds. The van der Waals surface area contributed by atoms with Crippen molar-refractivity contribution < 1.29 is 19.4 Å². The summed E-state index contributed by atoms with van der Waals surface area (Å²) in [6, 6.07) is 8.88. The molecule has 1 rings (SSSR count). The Morgan fingerprint density at radius 2 is 1.94 bits per heavy atom. The first kappa shape index (κ1) is 12.0. The molecule has 0 heterocycles. The molecule has 0 aliphatic carbocycles. The first-order chi connectivity index (χ1) is 7.70. The lowest BCUT2D eigenvalue weighted by atomic mass is 10.1. The van der Waals surface area contributed by atoms with E-state index in [4.69, 9.17) is 9.84 Å². The molecule has 0 bridgehead atoms. The monoisotopic (exact) mass is 220 g/mol. The van der Waals surface area contributed by atoms with Crippen molar-refractivity contribution in [2.45, 2.75) is 6.42 Å². The number of benzene rings is 1. The summed E-state index contributed by atoms with van der Waals surface area (Å²) in [5.74, 6) is -1.10. The molecule has 0 aromatic heterocycles. The number of ketones is 1. The molecule has 1 N–H and O–H groups in total. The van der Waals surface area contributed by atoms with Crippen LogP contribution >= 0.6 is 0 Å². The van der Waals surface area contributed by atoms with Crippen LogP contribution in [0.5, 0.6) is 0 Å². The summed E-state index contributed by atoms with van der Waals surface area (Å²) in [4.78, 5) is 21.6. The zero-order chi connectivity index (χ0) is 11.8. The molecule has 4 nitrogen and oxygen atoms in total. The van der Waals surface area contributed by atoms with E-state index in [1.165, 1.54) is 0 Å². The van der Waals surface area contributed by atoms with Crippen molar-refractivity contribution in [1.82, 2.24) is 0 Å². The molecule has 1 aromatic rings. The number of Topliss-reactive ketones (excluding diaryl/α,β-unsaturated/α-hetero) is 1. The van der Waals surface area contributed by atoms with Crippen LogP contribution in [0, 0.1) is 0 Å². The highest BCUT2D eigenvalue weighted by atomic mass is 16.5. The molecule has 0 aliphatic heterocycles. The molecule has 1 aromatic carbocycles. The maximum Gasteiger partial charge on any atom is 0.331 e. The lowest BCUT2D eigenvalue weighted by molar-refractivity contribution is -0.131. The summed E-state index contributed by atoms with van der Waals surface area (Å²) in [6.07, 6.45) is 2.18. The van der Waals surface area contributed by atoms with Gasteiger partial charge in [0.25, 0.3) is 0 Å². The number of aliphatic carboxylic acids is 1. The van der Waals surface area contributed by atoms with Crippen LogP contribution < -0.4 is 0 Å². The van der Waals surface area contributed by atoms with Crippen LogP contribution in [0.1, 0.15) is 16.8 Å². The first-order valence-corrected chi connectivity index (χ1v) is 4.79. The Bertz CT molecular complexity index is 381. The molecule has 0 spiro atoms. The molecule has 0 saturated carbocycles. The Morgan fingerprint density at radius 1 is 1.25 bits per heavy atom. The fraction of sp³-hybridized carbons (Fsp3) is 0.167. The maximum atomic E-state index is 11.5. The van der Waals surface area contributed by atoms with Gasteiger partial charge in [-0.2, -0.15) is 0 Å². The predicted octanol–water partition coefficient (Wildman–Crippen LogP) is 1.87. The highest BCUT2D eigenvalue weighted by molar-refractivity contribution is 5.96. The summed E-state index contributed by atoms with van der Waals surface area (Å²) >= 11 is 0. The number of carboxylic acids is 1. The summed E-state index contributed by atoms with van der Waals surface area (Å²) in [5, 5.41) is 8.27. The van der Waals surface area contributed by atoms with Gasteiger partial charge in [0.2, 0.25) is 0 Å². The fourth-order valence-corrected chi connectivity index (χ4v) is 1.09. The molecular formula is C12H12O4. The highest BCUT2D eigenvalue weighted by Gasteiger charge is 2.03. The van der Waals surface area contributed by atoms with Crippen molar-refractivity contribution >= 4 is 11.8 Å². The zero-order valence-corrected chi connectivity index (χ0v) is 8.63. The lowest BCUT2D eigenvalue weighted by Gasteiger charge is -2.00. The van der Waals surface area contributed by atoms with E-state index in [0.29, 0.717) is 5.56 Å². The van der Waals surface area contributed by atoms with Crippen LogP contribution in [0.15, 0.2) is 42.7 Å². The molecule has 0 atom stereocenters. The van der Waals surface area contributed by atoms with Crippen LogP contribution in [0.3, 0.4) is 0 Å². The van der Waals surface area contributed by atoms with E-state index >= 15 is 0 Å². The molecule has 4 heteroatoms. The van der Waals surface area contributed by atoms with E-state index in [0.717, 1.165) is 12.3 Å². The minimum atomic E-state index is -1.07. The van der Waals surface area contributed by atoms with E-state index in [1.807, 2.05) is 6.07 Å². The van der Waals surface area contributed by atoms with Crippen molar-refractivity contribution in [3.05, 3.63) is 48.2 Å². The number of hydrogen-bond donors (Lipinski definition) is 1. The Hall–Kier alpha value is -2.10. The van der Waals surface area contributed by atoms with Crippen molar-refractivity contribution in [3.8, 4) is 0 Å². The molecule has 0 fully saturated rings. The van der Waals surface area contributed by atoms with Crippen LogP contribution in [0.2, 0.25) is 0 Å². The third-order valence-electron chi connectivity index (χ3n) is 1.85. The van der Waals surface area contributed by atoms with Crippen molar-refractivity contribution in [1.29, 1.82) is 0 Å². The van der Waals surface area contributed by atoms with Gasteiger partial charge in [-0.15, -0.1) is 0 Å². The van der Waals surface area contributed by atoms with E-state index < -0.39 is 5.97 Å². The zero-order valence-electron chi connectivity index (χ0n) is 8.63. The van der Waals surface area contributed by atoms with Crippen LogP contribution in [-0.2, 0) is 9.53 Å². The number of carboxylic acid groups (broad SMARTS) is 1. The minimum Gasteiger partial charge on any atom is -0.500 e. The Morgan fingerprint density at radius 3 is 2.56 bits per heavy atom. The number of hydrogen-bond acceptors (Lipinski definition) is 3. The van der Waals surface area contributed by atoms with Crippen molar-refractivity contribution in [2.75, 3.05) is 6.61 Å². The van der Waals surface area contributed by atoms with Gasteiger partial charge in [-0.25, -0.2) is 4.79 Å². The third kappa shape index (κ3) is 4.41. The quantitative estimate of drug-likeness (QED) is 0.344. The maximum absolute atomic E-state index is 11.5. The van der Waals surface area contributed by atoms with Crippen molar-refractivity contribution in [3.63, 3.8) is 0 Å². The standard InChI is InChI=1S/C12H12O4/c13-11(10-4-2-1-3-5-10)6-8-16-9-7-12(14)15/h1-5,7,9H,6,8H2,(H,14,15). The smallest absolute Gasteiger partial charge is 0.331 e. The van der Waals surface area contributed by atoms with E-state index in [2.05, 4.69) is 0 Å². The Labute approximate surface area is 93.2 Å². The third-order valence-corrected chi connectivity index (χ3v) is 1.85. The molecule has 0 radical (unpaired) electrons. The number of rotatable bonds is 6. The van der Waals surface area contributed by atoms with Gasteiger partial charge in [0.1, 0.15) is 0 Å². The number of carbonyl (C=O) groups excluding carboxylic acids is 1. The SMILES string of the molecule is O=C(O)C=COCCC(=O)c1ccccc1. The molecule has 0 aliphatic rings. The lowest BCUT2D eigenvalue weighted by Crippen LogP contribution is -2.02. The summed E-state index contributed by atoms with van der Waals surface area (Å²) in [7, 11) is 0. The van der Waals surface area contributed by atoms with Gasteiger partial charge in [0.15, 0.2) is 5.78 Å². The van der Waals surface area contributed by atoms with Crippen molar-refractivity contribution in [2.24, 2.45) is 0 Å². The molecule has 84 valence electrons. The van der Waals surface area contributed by atoms with Gasteiger partial charge in [0.05, 0.1) is 18.9 Å². The van der Waals surface area contributed by atoms with Gasteiger partial charge in [-0.3, -0.25) is 4.79 Å². The van der Waals surface area contributed by atoms with E-state index in [-0.39, 0.29) is 18.8 Å². The average Bonchev–Trinajstić information content (AvgIpc) is 2.29. The molecular weight excluding hydrogens is 208 g/mol. The number of carbonyl (C=O) groups is 2. The summed E-state index contributed by atoms with van der Waals surface area (Å²) in [6.45, 7) is 0.178. The van der Waals surface area contributed by atoms with Gasteiger partial charge in [-0.05, 0) is 0 Å². The summed E-state index contributed by atoms with van der Waals surface area (Å²) in [5.41, 5.74) is 0.633. The number of ether oxygens (including phenoxy) is 1. The molecule has 16 heavy (non-hydrogen) atoms. The highest BCUT2D eigenvalue weighted by Crippen LogP contribution is 2.02. The second kappa shape index (κ2) is 6.40. The second-order valence-corrected chi connectivity index (χ2v) is 3.05. The normalized spacial score (nSPS) is 10.2. The van der Waals surface area contributed by atoms with E-state index in [1.54, 1.807) is 24.3 Å². The minimum absolute atomic E-state index is 0.0238. The van der Waals surface area contributed by atoms with Crippen LogP contribution in [0.4, 0.5) is 0 Å². The predicted molar refractivity (Wildman–Crippen MR) is 58.1 cm³/mol. The average molecular weight is 220 g/mol. The van der Waals surface area contributed by atoms with Crippen LogP contribution in [-0.4, -0.2) is 23.5 Å². The second-order valence-electron chi connectivity index (χ2n) is 3.05. The summed E-state index contributed by atoms with van der Waals surface area (Å²) < 4.78 is 4.85. The Balaban J connectivity index is 2.29.